The summed E-state index contributed by atoms with van der Waals surface area (Å²) in [7, 11) is 0. The van der Waals surface area contributed by atoms with E-state index in [1.807, 2.05) is 38.3 Å². The molecule has 5 nitrogen and oxygen atoms in total. The highest BCUT2D eigenvalue weighted by molar-refractivity contribution is 14.0. The minimum absolute atomic E-state index is 0. The van der Waals surface area contributed by atoms with Gasteiger partial charge in [0, 0.05) is 29.0 Å². The number of nitrogens with one attached hydrogen (secondary N) is 2. The number of thiazole rings is 1. The normalized spacial score (nSPS) is 13.8. The summed E-state index contributed by atoms with van der Waals surface area (Å²) < 4.78 is 0. The van der Waals surface area contributed by atoms with Crippen molar-refractivity contribution in [3.05, 3.63) is 38.5 Å². The molecule has 0 saturated carbocycles. The molecule has 0 saturated heterocycles. The number of aryl methyl sites for hydroxylation is 2. The smallest absolute Gasteiger partial charge is 0.191 e. The van der Waals surface area contributed by atoms with Gasteiger partial charge in [-0.25, -0.2) is 9.98 Å². The van der Waals surface area contributed by atoms with E-state index in [0.29, 0.717) is 6.54 Å². The molecule has 0 radical (unpaired) electrons. The number of nitrogens with zero attached hydrogens (tertiary/aromatic N) is 2. The first-order chi connectivity index (χ1) is 12.0. The van der Waals surface area contributed by atoms with Crippen LogP contribution < -0.4 is 10.6 Å². The summed E-state index contributed by atoms with van der Waals surface area (Å²) in [6, 6.07) is 3.90. The number of aliphatic imine (C=N–C) groups is 1. The molecule has 0 spiro atoms. The Bertz CT molecular complexity index is 656. The molecule has 3 N–H and O–H groups in total. The molecule has 1 atom stereocenters. The SMILES string of the molecule is CCNC(=NCC(C)(O)c1cccs1)NCCCCc1nc(C)cs1.I. The van der Waals surface area contributed by atoms with E-state index in [0.717, 1.165) is 48.9 Å². The molecule has 0 aromatic carbocycles. The third kappa shape index (κ3) is 7.89. The van der Waals surface area contributed by atoms with Crippen LogP contribution in [0.2, 0.25) is 0 Å². The van der Waals surface area contributed by atoms with Crippen LogP contribution in [0.5, 0.6) is 0 Å². The van der Waals surface area contributed by atoms with Crippen LogP contribution in [0.4, 0.5) is 0 Å². The summed E-state index contributed by atoms with van der Waals surface area (Å²) in [5.74, 6) is 0.754. The Morgan fingerprint density at radius 3 is 2.73 bits per heavy atom. The Hall–Kier alpha value is -0.710. The summed E-state index contributed by atoms with van der Waals surface area (Å²) in [5.41, 5.74) is 0.177. The highest BCUT2D eigenvalue weighted by atomic mass is 127. The molecule has 146 valence electrons. The Labute approximate surface area is 181 Å². The molecule has 2 aromatic rings. The number of guanidine groups is 1. The van der Waals surface area contributed by atoms with Gasteiger partial charge in [0.15, 0.2) is 5.96 Å². The maximum Gasteiger partial charge on any atom is 0.191 e. The zero-order valence-corrected chi connectivity index (χ0v) is 19.6. The first kappa shape index (κ1) is 23.3. The molecular weight excluding hydrogens is 479 g/mol. The minimum atomic E-state index is -0.931. The number of thiophene rings is 1. The van der Waals surface area contributed by atoms with E-state index in [2.05, 4.69) is 26.0 Å². The van der Waals surface area contributed by atoms with Crippen LogP contribution in [0.25, 0.3) is 0 Å². The van der Waals surface area contributed by atoms with Crippen LogP contribution in [-0.2, 0) is 12.0 Å². The van der Waals surface area contributed by atoms with Crippen molar-refractivity contribution in [2.24, 2.45) is 4.99 Å². The number of rotatable bonds is 9. The van der Waals surface area contributed by atoms with Crippen molar-refractivity contribution in [3.63, 3.8) is 0 Å². The lowest BCUT2D eigenvalue weighted by Gasteiger charge is -2.20. The van der Waals surface area contributed by atoms with Crippen LogP contribution in [0.3, 0.4) is 0 Å². The van der Waals surface area contributed by atoms with Gasteiger partial charge in [-0.3, -0.25) is 0 Å². The van der Waals surface area contributed by atoms with Crippen molar-refractivity contribution in [3.8, 4) is 0 Å². The van der Waals surface area contributed by atoms with E-state index in [-0.39, 0.29) is 24.0 Å². The lowest BCUT2D eigenvalue weighted by atomic mass is 10.1. The molecule has 2 heterocycles. The van der Waals surface area contributed by atoms with Gasteiger partial charge in [0.25, 0.3) is 0 Å². The molecule has 0 aliphatic heterocycles. The molecule has 2 rings (SSSR count). The van der Waals surface area contributed by atoms with Crippen LogP contribution >= 0.6 is 46.7 Å². The van der Waals surface area contributed by atoms with E-state index in [9.17, 15) is 5.11 Å². The van der Waals surface area contributed by atoms with E-state index < -0.39 is 5.60 Å². The van der Waals surface area contributed by atoms with Gasteiger partial charge in [0.1, 0.15) is 5.60 Å². The van der Waals surface area contributed by atoms with E-state index in [4.69, 9.17) is 0 Å². The molecule has 8 heteroatoms. The summed E-state index contributed by atoms with van der Waals surface area (Å²) in [6.45, 7) is 7.87. The number of halogens is 1. The lowest BCUT2D eigenvalue weighted by Crippen LogP contribution is -2.39. The summed E-state index contributed by atoms with van der Waals surface area (Å²) >= 11 is 3.29. The van der Waals surface area contributed by atoms with Gasteiger partial charge in [0.2, 0.25) is 0 Å². The second-order valence-electron chi connectivity index (χ2n) is 6.21. The molecule has 0 bridgehead atoms. The molecule has 0 fully saturated rings. The van der Waals surface area contributed by atoms with Gasteiger partial charge in [-0.1, -0.05) is 6.07 Å². The number of aromatic nitrogens is 1. The first-order valence-corrected chi connectivity index (χ1v) is 10.5. The lowest BCUT2D eigenvalue weighted by molar-refractivity contribution is 0.0711. The highest BCUT2D eigenvalue weighted by Gasteiger charge is 2.23. The number of unbranched alkanes of at least 4 members (excludes halogenated alkanes) is 1. The largest absolute Gasteiger partial charge is 0.383 e. The molecule has 0 aliphatic rings. The maximum absolute atomic E-state index is 10.6. The Kier molecular flexibility index (Phi) is 10.7. The van der Waals surface area contributed by atoms with Crippen LogP contribution in [0.1, 0.15) is 42.3 Å². The molecular formula is C18H29IN4OS2. The van der Waals surface area contributed by atoms with Crippen molar-refractivity contribution in [2.45, 2.75) is 45.6 Å². The first-order valence-electron chi connectivity index (χ1n) is 8.71. The van der Waals surface area contributed by atoms with Gasteiger partial charge in [-0.15, -0.1) is 46.7 Å². The van der Waals surface area contributed by atoms with Crippen LogP contribution in [-0.4, -0.2) is 35.7 Å². The second-order valence-corrected chi connectivity index (χ2v) is 8.10. The Morgan fingerprint density at radius 1 is 1.31 bits per heavy atom. The minimum Gasteiger partial charge on any atom is -0.383 e. The number of aliphatic hydroxyl groups is 1. The number of hydrogen-bond acceptors (Lipinski definition) is 5. The van der Waals surface area contributed by atoms with Gasteiger partial charge in [-0.2, -0.15) is 0 Å². The average Bonchev–Trinajstić information content (AvgIpc) is 3.24. The standard InChI is InChI=1S/C18H28N4OS2.HI/c1-4-19-17(21-13-18(3,23)15-8-7-11-24-15)20-10-6-5-9-16-22-14(2)12-25-16;/h7-8,11-12,23H,4-6,9-10,13H2,1-3H3,(H2,19,20,21);1H. The zero-order chi connectivity index (χ0) is 18.1. The van der Waals surface area contributed by atoms with Crippen LogP contribution in [0.15, 0.2) is 27.9 Å². The fraction of sp³-hybridized carbons (Fsp3) is 0.556. The van der Waals surface area contributed by atoms with Crippen molar-refractivity contribution in [1.82, 2.24) is 15.6 Å². The van der Waals surface area contributed by atoms with Crippen molar-refractivity contribution in [1.29, 1.82) is 0 Å². The zero-order valence-electron chi connectivity index (χ0n) is 15.6. The summed E-state index contributed by atoms with van der Waals surface area (Å²) in [6.07, 6.45) is 3.19. The van der Waals surface area contributed by atoms with Crippen molar-refractivity contribution in [2.75, 3.05) is 19.6 Å². The molecule has 0 aliphatic carbocycles. The van der Waals surface area contributed by atoms with Gasteiger partial charge >= 0.3 is 0 Å². The van der Waals surface area contributed by atoms with Gasteiger partial charge < -0.3 is 15.7 Å². The monoisotopic (exact) mass is 508 g/mol. The van der Waals surface area contributed by atoms with E-state index >= 15 is 0 Å². The molecule has 26 heavy (non-hydrogen) atoms. The Morgan fingerprint density at radius 2 is 2.12 bits per heavy atom. The number of hydrogen-bond donors (Lipinski definition) is 3. The summed E-state index contributed by atoms with van der Waals surface area (Å²) in [4.78, 5) is 9.97. The highest BCUT2D eigenvalue weighted by Crippen LogP contribution is 2.25. The Balaban J connectivity index is 0.00000338. The topological polar surface area (TPSA) is 69.5 Å². The second kappa shape index (κ2) is 11.9. The fourth-order valence-electron chi connectivity index (χ4n) is 2.36. The quantitative estimate of drug-likeness (QED) is 0.208. The van der Waals surface area contributed by atoms with Crippen molar-refractivity contribution >= 4 is 52.6 Å². The predicted octanol–water partition coefficient (Wildman–Crippen LogP) is 3.92. The predicted molar refractivity (Wildman–Crippen MR) is 123 cm³/mol. The van der Waals surface area contributed by atoms with Gasteiger partial charge in [0.05, 0.1) is 11.6 Å². The van der Waals surface area contributed by atoms with Crippen molar-refractivity contribution < 1.29 is 5.11 Å². The maximum atomic E-state index is 10.6. The fourth-order valence-corrected chi connectivity index (χ4v) is 3.96. The van der Waals surface area contributed by atoms with E-state index in [1.165, 1.54) is 5.01 Å². The van der Waals surface area contributed by atoms with Crippen LogP contribution in [0, 0.1) is 6.92 Å². The average molecular weight is 508 g/mol. The third-order valence-corrected chi connectivity index (χ3v) is 5.87. The molecule has 0 amide bonds. The molecule has 1 unspecified atom stereocenters. The molecule has 2 aromatic heterocycles. The van der Waals surface area contributed by atoms with E-state index in [1.54, 1.807) is 22.7 Å². The summed E-state index contributed by atoms with van der Waals surface area (Å²) in [5, 5.41) is 22.4. The third-order valence-electron chi connectivity index (χ3n) is 3.72. The van der Waals surface area contributed by atoms with Gasteiger partial charge in [-0.05, 0) is 51.5 Å².